The van der Waals surface area contributed by atoms with Crippen LogP contribution < -0.4 is 5.32 Å². The van der Waals surface area contributed by atoms with Gasteiger partial charge >= 0.3 is 0 Å². The summed E-state index contributed by atoms with van der Waals surface area (Å²) in [7, 11) is 0. The molecule has 20 heavy (non-hydrogen) atoms. The quantitative estimate of drug-likeness (QED) is 0.769. The molecule has 1 heterocycles. The number of rotatable bonds is 2. The van der Waals surface area contributed by atoms with Crippen molar-refractivity contribution in [3.8, 4) is 0 Å². The summed E-state index contributed by atoms with van der Waals surface area (Å²) in [5.74, 6) is -0.687. The van der Waals surface area contributed by atoms with Crippen LogP contribution in [0.15, 0.2) is 60.7 Å². The number of nitrogens with zero attached hydrogens (tertiary/aromatic N) is 1. The number of carbonyl (C=O) groups excluding carboxylic acids is 1. The minimum atomic E-state index is -0.370. The van der Waals surface area contributed by atoms with Crippen molar-refractivity contribution in [3.05, 3.63) is 72.2 Å². The number of fused-ring (bicyclic) bond motifs is 1. The van der Waals surface area contributed by atoms with E-state index < -0.39 is 0 Å². The van der Waals surface area contributed by atoms with E-state index in [4.69, 9.17) is 0 Å². The summed E-state index contributed by atoms with van der Waals surface area (Å²) in [5, 5.41) is 3.54. The highest BCUT2D eigenvalue weighted by molar-refractivity contribution is 6.04. The minimum Gasteiger partial charge on any atom is -0.321 e. The van der Waals surface area contributed by atoms with Crippen LogP contribution in [0, 0.1) is 5.82 Å². The second kappa shape index (κ2) is 5.09. The summed E-state index contributed by atoms with van der Waals surface area (Å²) in [6, 6.07) is 16.8. The Hall–Kier alpha value is -2.75. The van der Waals surface area contributed by atoms with Gasteiger partial charge in [-0.25, -0.2) is 9.37 Å². The lowest BCUT2D eigenvalue weighted by Gasteiger charge is -2.05. The maximum Gasteiger partial charge on any atom is 0.274 e. The number of hydrogen-bond donors (Lipinski definition) is 1. The number of carbonyl (C=O) groups is 1. The smallest absolute Gasteiger partial charge is 0.274 e. The molecule has 0 fully saturated rings. The highest BCUT2D eigenvalue weighted by Crippen LogP contribution is 2.15. The van der Waals surface area contributed by atoms with Gasteiger partial charge in [-0.15, -0.1) is 0 Å². The summed E-state index contributed by atoms with van der Waals surface area (Å²) in [4.78, 5) is 16.3. The molecule has 0 saturated carbocycles. The van der Waals surface area contributed by atoms with Gasteiger partial charge in [0.2, 0.25) is 0 Å². The van der Waals surface area contributed by atoms with Gasteiger partial charge in [0.1, 0.15) is 11.5 Å². The lowest BCUT2D eigenvalue weighted by molar-refractivity contribution is 0.102. The molecule has 0 aliphatic carbocycles. The fraction of sp³-hybridized carbons (Fsp3) is 0. The number of nitrogens with one attached hydrogen (secondary N) is 1. The average Bonchev–Trinajstić information content (AvgIpc) is 2.47. The van der Waals surface area contributed by atoms with Crippen LogP contribution in [0.2, 0.25) is 0 Å². The fourth-order valence-electron chi connectivity index (χ4n) is 1.93. The average molecular weight is 266 g/mol. The van der Waals surface area contributed by atoms with E-state index in [1.54, 1.807) is 30.3 Å². The maximum atomic E-state index is 13.2. The molecule has 0 radical (unpaired) electrons. The third-order valence-electron chi connectivity index (χ3n) is 2.92. The number of pyridine rings is 1. The van der Waals surface area contributed by atoms with Gasteiger partial charge in [0.25, 0.3) is 5.91 Å². The zero-order valence-corrected chi connectivity index (χ0v) is 10.5. The van der Waals surface area contributed by atoms with Crippen LogP contribution in [0.25, 0.3) is 10.9 Å². The highest BCUT2D eigenvalue weighted by Gasteiger charge is 2.08. The number of anilines is 1. The molecule has 3 aromatic rings. The van der Waals surface area contributed by atoms with Crippen molar-refractivity contribution in [3.63, 3.8) is 0 Å². The summed E-state index contributed by atoms with van der Waals surface area (Å²) < 4.78 is 13.2. The number of hydrogen-bond acceptors (Lipinski definition) is 2. The Morgan fingerprint density at radius 3 is 2.55 bits per heavy atom. The van der Waals surface area contributed by atoms with Crippen molar-refractivity contribution in [2.75, 3.05) is 5.32 Å². The number of benzene rings is 2. The van der Waals surface area contributed by atoms with Crippen LogP contribution in [0.5, 0.6) is 0 Å². The first-order valence-electron chi connectivity index (χ1n) is 6.15. The molecule has 2 aromatic carbocycles. The van der Waals surface area contributed by atoms with Crippen LogP contribution in [0.1, 0.15) is 10.5 Å². The number of halogens is 1. The van der Waals surface area contributed by atoms with E-state index in [-0.39, 0.29) is 17.4 Å². The zero-order chi connectivity index (χ0) is 13.9. The Morgan fingerprint density at radius 2 is 1.75 bits per heavy atom. The Morgan fingerprint density at radius 1 is 1.00 bits per heavy atom. The fourth-order valence-corrected chi connectivity index (χ4v) is 1.93. The number of amides is 1. The van der Waals surface area contributed by atoms with Crippen molar-refractivity contribution < 1.29 is 9.18 Å². The van der Waals surface area contributed by atoms with E-state index in [2.05, 4.69) is 10.3 Å². The first kappa shape index (κ1) is 12.3. The number of aromatic nitrogens is 1. The van der Waals surface area contributed by atoms with Gasteiger partial charge in [0.05, 0.1) is 5.52 Å². The second-order valence-electron chi connectivity index (χ2n) is 4.35. The van der Waals surface area contributed by atoms with Gasteiger partial charge in [-0.3, -0.25) is 4.79 Å². The van der Waals surface area contributed by atoms with Gasteiger partial charge in [0.15, 0.2) is 0 Å². The molecule has 0 bridgehead atoms. The third-order valence-corrected chi connectivity index (χ3v) is 2.92. The van der Waals surface area contributed by atoms with Crippen LogP contribution in [0.3, 0.4) is 0 Å². The Kier molecular flexibility index (Phi) is 3.13. The predicted octanol–water partition coefficient (Wildman–Crippen LogP) is 3.63. The summed E-state index contributed by atoms with van der Waals surface area (Å²) in [5.41, 5.74) is 1.41. The molecule has 1 N–H and O–H groups in total. The second-order valence-corrected chi connectivity index (χ2v) is 4.35. The van der Waals surface area contributed by atoms with Crippen LogP contribution >= 0.6 is 0 Å². The predicted molar refractivity (Wildman–Crippen MR) is 76.1 cm³/mol. The van der Waals surface area contributed by atoms with Gasteiger partial charge in [0, 0.05) is 17.1 Å². The number of para-hydroxylation sites is 1. The molecule has 0 spiro atoms. The lowest BCUT2D eigenvalue weighted by atomic mass is 10.2. The van der Waals surface area contributed by atoms with Crippen LogP contribution in [-0.4, -0.2) is 10.9 Å². The first-order chi connectivity index (χ1) is 9.72. The molecular weight excluding hydrogens is 255 g/mol. The van der Waals surface area contributed by atoms with Crippen molar-refractivity contribution in [1.29, 1.82) is 0 Å². The van der Waals surface area contributed by atoms with E-state index in [1.807, 2.05) is 18.2 Å². The van der Waals surface area contributed by atoms with Gasteiger partial charge in [-0.1, -0.05) is 24.3 Å². The van der Waals surface area contributed by atoms with Crippen molar-refractivity contribution >= 4 is 22.5 Å². The standard InChI is InChI=1S/C16H11FN2O/c17-12-8-6-11-7-9-14(19-15(11)10-12)16(20)18-13-4-2-1-3-5-13/h1-10H,(H,18,20). The van der Waals surface area contributed by atoms with Gasteiger partial charge < -0.3 is 5.32 Å². The molecule has 4 heteroatoms. The van der Waals surface area contributed by atoms with Crippen molar-refractivity contribution in [1.82, 2.24) is 4.98 Å². The SMILES string of the molecule is O=C(Nc1ccccc1)c1ccc2ccc(F)cc2n1. The molecule has 3 nitrogen and oxygen atoms in total. The molecule has 3 rings (SSSR count). The minimum absolute atomic E-state index is 0.256. The Bertz CT molecular complexity index is 772. The normalized spacial score (nSPS) is 10.4. The summed E-state index contributed by atoms with van der Waals surface area (Å²) in [6.45, 7) is 0. The third kappa shape index (κ3) is 2.49. The molecule has 1 amide bonds. The Balaban J connectivity index is 1.91. The molecule has 0 saturated heterocycles. The van der Waals surface area contributed by atoms with E-state index in [0.29, 0.717) is 11.2 Å². The first-order valence-corrected chi connectivity index (χ1v) is 6.15. The summed E-state index contributed by atoms with van der Waals surface area (Å²) >= 11 is 0. The zero-order valence-electron chi connectivity index (χ0n) is 10.5. The van der Waals surface area contributed by atoms with Crippen LogP contribution in [0.4, 0.5) is 10.1 Å². The highest BCUT2D eigenvalue weighted by atomic mass is 19.1. The molecule has 0 aliphatic rings. The molecular formula is C16H11FN2O. The maximum absolute atomic E-state index is 13.2. The van der Waals surface area contributed by atoms with Crippen molar-refractivity contribution in [2.45, 2.75) is 0 Å². The molecule has 0 unspecified atom stereocenters. The molecule has 1 aromatic heterocycles. The molecule has 0 atom stereocenters. The van der Waals surface area contributed by atoms with Crippen LogP contribution in [-0.2, 0) is 0 Å². The van der Waals surface area contributed by atoms with Gasteiger partial charge in [-0.2, -0.15) is 0 Å². The van der Waals surface area contributed by atoms with Gasteiger partial charge in [-0.05, 0) is 30.3 Å². The van der Waals surface area contributed by atoms with E-state index in [0.717, 1.165) is 5.39 Å². The van der Waals surface area contributed by atoms with Crippen molar-refractivity contribution in [2.24, 2.45) is 0 Å². The largest absolute Gasteiger partial charge is 0.321 e. The lowest BCUT2D eigenvalue weighted by Crippen LogP contribution is -2.13. The topological polar surface area (TPSA) is 42.0 Å². The summed E-state index contributed by atoms with van der Waals surface area (Å²) in [6.07, 6.45) is 0. The molecule has 0 aliphatic heterocycles. The van der Waals surface area contributed by atoms with E-state index in [1.165, 1.54) is 12.1 Å². The monoisotopic (exact) mass is 266 g/mol. The Labute approximate surface area is 115 Å². The molecule has 98 valence electrons. The van der Waals surface area contributed by atoms with E-state index >= 15 is 0 Å². The van der Waals surface area contributed by atoms with E-state index in [9.17, 15) is 9.18 Å².